The van der Waals surface area contributed by atoms with Crippen molar-refractivity contribution in [2.24, 2.45) is 0 Å². The van der Waals surface area contributed by atoms with Gasteiger partial charge in [0.25, 0.3) is 0 Å². The number of H-pyrrole nitrogens is 1. The third kappa shape index (κ3) is 4.59. The first kappa shape index (κ1) is 17.1. The van der Waals surface area contributed by atoms with Crippen molar-refractivity contribution in [3.05, 3.63) is 40.1 Å². The maximum absolute atomic E-state index is 11.4. The number of aromatic amines is 1. The predicted molar refractivity (Wildman–Crippen MR) is 86.9 cm³/mol. The molecule has 2 rings (SSSR count). The third-order valence-electron chi connectivity index (χ3n) is 3.16. The maximum atomic E-state index is 11.4. The van der Waals surface area contributed by atoms with Crippen LogP contribution in [-0.2, 0) is 11.2 Å². The van der Waals surface area contributed by atoms with Crippen molar-refractivity contribution in [1.82, 2.24) is 15.2 Å². The molecule has 2 aromatic rings. The Kier molecular flexibility index (Phi) is 5.81. The number of aliphatic carboxylic acids is 1. The number of ether oxygens (including phenoxy) is 1. The number of carboxylic acids is 1. The number of aromatic nitrogens is 3. The van der Waals surface area contributed by atoms with Gasteiger partial charge in [-0.25, -0.2) is 4.98 Å². The lowest BCUT2D eigenvalue weighted by Gasteiger charge is -2.08. The zero-order valence-electron chi connectivity index (χ0n) is 13.3. The largest absolute Gasteiger partial charge is 0.544 e. The zero-order chi connectivity index (χ0) is 16.8. The van der Waals surface area contributed by atoms with Crippen LogP contribution < -0.4 is 9.84 Å². The first-order chi connectivity index (χ1) is 11.0. The molecule has 0 radical (unpaired) electrons. The van der Waals surface area contributed by atoms with Crippen LogP contribution in [0.5, 0.6) is 5.75 Å². The second-order valence-electron chi connectivity index (χ2n) is 4.94. The smallest absolute Gasteiger partial charge is 0.213 e. The molecule has 1 aromatic heterocycles. The fraction of sp³-hybridized carbons (Fsp3) is 0.312. The van der Waals surface area contributed by atoms with Crippen LogP contribution in [0.3, 0.4) is 0 Å². The molecule has 0 unspecified atom stereocenters. The number of nitrogens with one attached hydrogen (secondary N) is 1. The maximum Gasteiger partial charge on any atom is 0.213 e. The molecule has 0 atom stereocenters. The van der Waals surface area contributed by atoms with E-state index in [4.69, 9.17) is 4.74 Å². The van der Waals surface area contributed by atoms with Gasteiger partial charge in [-0.1, -0.05) is 13.0 Å². The van der Waals surface area contributed by atoms with E-state index in [1.165, 1.54) is 0 Å². The number of methoxy groups -OCH3 is 1. The van der Waals surface area contributed by atoms with E-state index in [2.05, 4.69) is 15.2 Å². The molecule has 0 fully saturated rings. The topological polar surface area (TPSA) is 90.9 Å². The molecule has 0 saturated heterocycles. The summed E-state index contributed by atoms with van der Waals surface area (Å²) in [5.41, 5.74) is 1.69. The summed E-state index contributed by atoms with van der Waals surface area (Å²) in [4.78, 5) is 15.7. The summed E-state index contributed by atoms with van der Waals surface area (Å²) in [6, 6.07) is 5.43. The standard InChI is InChI=1S/C16H19N3O3S/c1-4-5-14-17-16(19-18-14)23-13(15(20)21)9-11-6-7-12(22-3)8-10(11)2/h6-9H,4-5H2,1-3H3,(H,20,21)(H,17,18,19)/p-1/b13-9-. The fourth-order valence-electron chi connectivity index (χ4n) is 1.98. The van der Waals surface area contributed by atoms with Crippen LogP contribution >= 0.6 is 11.8 Å². The summed E-state index contributed by atoms with van der Waals surface area (Å²) in [5.74, 6) is 0.209. The Hall–Kier alpha value is -2.28. The van der Waals surface area contributed by atoms with Gasteiger partial charge in [0.2, 0.25) is 5.16 Å². The van der Waals surface area contributed by atoms with E-state index in [0.29, 0.717) is 5.16 Å². The minimum absolute atomic E-state index is 0.0558. The number of aryl methyl sites for hydroxylation is 2. The summed E-state index contributed by atoms with van der Waals surface area (Å²) >= 11 is 0.971. The number of hydrogen-bond donors (Lipinski definition) is 1. The number of carbonyl (C=O) groups excluding carboxylic acids is 1. The normalized spacial score (nSPS) is 11.5. The van der Waals surface area contributed by atoms with Crippen LogP contribution in [0, 0.1) is 6.92 Å². The highest BCUT2D eigenvalue weighted by atomic mass is 32.2. The van der Waals surface area contributed by atoms with Gasteiger partial charge in [0.15, 0.2) is 0 Å². The highest BCUT2D eigenvalue weighted by Gasteiger charge is 2.09. The number of carbonyl (C=O) groups is 1. The summed E-state index contributed by atoms with van der Waals surface area (Å²) in [5, 5.41) is 18.6. The molecule has 0 aliphatic carbocycles. The van der Waals surface area contributed by atoms with E-state index < -0.39 is 5.97 Å². The van der Waals surface area contributed by atoms with E-state index in [9.17, 15) is 9.90 Å². The first-order valence-corrected chi connectivity index (χ1v) is 8.02. The van der Waals surface area contributed by atoms with Gasteiger partial charge in [-0.05, 0) is 54.4 Å². The van der Waals surface area contributed by atoms with Crippen molar-refractivity contribution in [2.75, 3.05) is 7.11 Å². The van der Waals surface area contributed by atoms with E-state index >= 15 is 0 Å². The molecule has 23 heavy (non-hydrogen) atoms. The van der Waals surface area contributed by atoms with Gasteiger partial charge < -0.3 is 14.6 Å². The number of hydrogen-bond acceptors (Lipinski definition) is 6. The molecule has 6 nitrogen and oxygen atoms in total. The molecule has 1 N–H and O–H groups in total. The average molecular weight is 332 g/mol. The van der Waals surface area contributed by atoms with Crippen LogP contribution in [0.2, 0.25) is 0 Å². The summed E-state index contributed by atoms with van der Waals surface area (Å²) in [6.07, 6.45) is 3.27. The number of nitrogens with zero attached hydrogens (tertiary/aromatic N) is 2. The monoisotopic (exact) mass is 332 g/mol. The minimum Gasteiger partial charge on any atom is -0.544 e. The minimum atomic E-state index is -1.26. The van der Waals surface area contributed by atoms with Crippen LogP contribution in [0.15, 0.2) is 28.3 Å². The summed E-state index contributed by atoms with van der Waals surface area (Å²) in [7, 11) is 1.59. The molecular formula is C16H18N3O3S-. The second kappa shape index (κ2) is 7.82. The average Bonchev–Trinajstić information content (AvgIpc) is 2.96. The summed E-state index contributed by atoms with van der Waals surface area (Å²) < 4.78 is 5.15. The van der Waals surface area contributed by atoms with Gasteiger partial charge in [0.05, 0.1) is 13.1 Å². The van der Waals surface area contributed by atoms with Gasteiger partial charge in [-0.3, -0.25) is 5.10 Å². The van der Waals surface area contributed by atoms with Gasteiger partial charge in [-0.15, -0.1) is 5.10 Å². The summed E-state index contributed by atoms with van der Waals surface area (Å²) in [6.45, 7) is 3.92. The zero-order valence-corrected chi connectivity index (χ0v) is 14.1. The lowest BCUT2D eigenvalue weighted by molar-refractivity contribution is -0.297. The molecule has 1 heterocycles. The lowest BCUT2D eigenvalue weighted by atomic mass is 10.1. The molecule has 0 spiro atoms. The lowest BCUT2D eigenvalue weighted by Crippen LogP contribution is -2.23. The Balaban J connectivity index is 2.25. The van der Waals surface area contributed by atoms with E-state index in [0.717, 1.165) is 47.3 Å². The highest BCUT2D eigenvalue weighted by molar-refractivity contribution is 8.04. The molecule has 122 valence electrons. The molecule has 0 amide bonds. The van der Waals surface area contributed by atoms with E-state index in [-0.39, 0.29) is 4.91 Å². The van der Waals surface area contributed by atoms with Gasteiger partial charge in [-0.2, -0.15) is 0 Å². The molecule has 0 aliphatic rings. The Bertz CT molecular complexity index is 725. The van der Waals surface area contributed by atoms with Crippen molar-refractivity contribution in [3.63, 3.8) is 0 Å². The molecular weight excluding hydrogens is 314 g/mol. The van der Waals surface area contributed by atoms with Crippen LogP contribution in [0.4, 0.5) is 0 Å². The Morgan fingerprint density at radius 1 is 1.48 bits per heavy atom. The Morgan fingerprint density at radius 3 is 2.87 bits per heavy atom. The third-order valence-corrected chi connectivity index (χ3v) is 4.03. The highest BCUT2D eigenvalue weighted by Crippen LogP contribution is 2.27. The second-order valence-corrected chi connectivity index (χ2v) is 5.94. The number of carboxylic acid groups (broad SMARTS) is 1. The fourth-order valence-corrected chi connectivity index (χ4v) is 2.69. The molecule has 0 bridgehead atoms. The molecule has 1 aromatic carbocycles. The molecule has 0 aliphatic heterocycles. The number of thioether (sulfide) groups is 1. The molecule has 0 saturated carbocycles. The van der Waals surface area contributed by atoms with E-state index in [1.807, 2.05) is 19.9 Å². The van der Waals surface area contributed by atoms with Gasteiger partial charge in [0.1, 0.15) is 11.6 Å². The van der Waals surface area contributed by atoms with Crippen molar-refractivity contribution >= 4 is 23.8 Å². The van der Waals surface area contributed by atoms with Crippen molar-refractivity contribution < 1.29 is 14.6 Å². The van der Waals surface area contributed by atoms with Crippen molar-refractivity contribution in [3.8, 4) is 5.75 Å². The van der Waals surface area contributed by atoms with Crippen LogP contribution in [0.1, 0.15) is 30.3 Å². The van der Waals surface area contributed by atoms with Gasteiger partial charge in [0, 0.05) is 11.3 Å². The van der Waals surface area contributed by atoms with Crippen LogP contribution in [0.25, 0.3) is 6.08 Å². The number of benzene rings is 1. The SMILES string of the molecule is CCCc1nc(S/C(=C\c2ccc(OC)cc2C)C(=O)[O-])n[nH]1. The Labute approximate surface area is 139 Å². The Morgan fingerprint density at radius 2 is 2.26 bits per heavy atom. The first-order valence-electron chi connectivity index (χ1n) is 7.20. The quantitative estimate of drug-likeness (QED) is 0.615. The van der Waals surface area contributed by atoms with E-state index in [1.54, 1.807) is 25.3 Å². The molecule has 7 heteroatoms. The van der Waals surface area contributed by atoms with Crippen molar-refractivity contribution in [1.29, 1.82) is 0 Å². The van der Waals surface area contributed by atoms with Crippen LogP contribution in [-0.4, -0.2) is 28.3 Å². The number of rotatable bonds is 7. The van der Waals surface area contributed by atoms with Crippen molar-refractivity contribution in [2.45, 2.75) is 31.8 Å². The predicted octanol–water partition coefficient (Wildman–Crippen LogP) is 1.96. The van der Waals surface area contributed by atoms with Gasteiger partial charge >= 0.3 is 0 Å².